The van der Waals surface area contributed by atoms with Gasteiger partial charge in [0.15, 0.2) is 0 Å². The summed E-state index contributed by atoms with van der Waals surface area (Å²) in [6.45, 7) is 6.98. The lowest BCUT2D eigenvalue weighted by Gasteiger charge is -2.36. The van der Waals surface area contributed by atoms with Crippen molar-refractivity contribution in [1.82, 2.24) is 4.90 Å². The molecule has 0 spiro atoms. The maximum atomic E-state index is 4.38. The number of rotatable bonds is 32. The van der Waals surface area contributed by atoms with Crippen LogP contribution >= 0.6 is 19.9 Å². The highest BCUT2D eigenvalue weighted by molar-refractivity contribution is 8.94. The van der Waals surface area contributed by atoms with Gasteiger partial charge in [-0.05, 0) is 121 Å². The summed E-state index contributed by atoms with van der Waals surface area (Å²) in [7, 11) is 4.36. The van der Waals surface area contributed by atoms with E-state index in [2.05, 4.69) is 90.3 Å². The van der Waals surface area contributed by atoms with Gasteiger partial charge in [0.2, 0.25) is 0 Å². The quantitative estimate of drug-likeness (QED) is 0.0394. The van der Waals surface area contributed by atoms with Crippen LogP contribution in [0.4, 0.5) is 0 Å². The van der Waals surface area contributed by atoms with E-state index >= 15 is 0 Å². The minimum atomic E-state index is -0.479. The van der Waals surface area contributed by atoms with Crippen molar-refractivity contribution in [3.8, 4) is 0 Å². The SMILES string of the molecule is CCCCC/C=C\C/C=C/CCCCCCCS1(CCCCCCC/C=C/CCCCCC)CCC(CCN(C)CC2C=NC=CC2)S1. The molecule has 1 saturated heterocycles. The molecule has 0 aromatic carbocycles. The van der Waals surface area contributed by atoms with Crippen LogP contribution in [0.1, 0.15) is 174 Å². The zero-order valence-corrected chi connectivity index (χ0v) is 33.9. The molecule has 1 fully saturated rings. The Morgan fingerprint density at radius 3 is 1.79 bits per heavy atom. The summed E-state index contributed by atoms with van der Waals surface area (Å²) in [5.41, 5.74) is 0. The zero-order valence-electron chi connectivity index (χ0n) is 32.3. The first-order valence-corrected chi connectivity index (χ1v) is 24.5. The first-order valence-electron chi connectivity index (χ1n) is 20.9. The average Bonchev–Trinajstić information content (AvgIpc) is 3.51. The molecular weight excluding hydrogens is 621 g/mol. The first kappa shape index (κ1) is 43.5. The van der Waals surface area contributed by atoms with E-state index in [-0.39, 0.29) is 0 Å². The molecule has 0 aliphatic carbocycles. The Kier molecular flexibility index (Phi) is 28.1. The van der Waals surface area contributed by atoms with Gasteiger partial charge in [0.1, 0.15) is 0 Å². The van der Waals surface area contributed by atoms with E-state index < -0.39 is 9.06 Å². The first-order chi connectivity index (χ1) is 23.7. The highest BCUT2D eigenvalue weighted by Gasteiger charge is 2.34. The standard InChI is InChI=1S/C44H80N2S2/c1-4-6-8-10-12-14-16-18-19-21-23-25-27-29-31-39-48(38-30-28-26-24-22-20-17-15-13-11-9-7-5-2)40-35-44(47-48)34-37-46(3)42-43-33-32-36-45-41-43/h12,14-15,17-19,32,36,41,43-44H,4-11,13,16,20-31,33-35,37-40,42H2,1-3H3/b14-12-,17-15+,19-18+. The van der Waals surface area contributed by atoms with Gasteiger partial charge in [0.05, 0.1) is 0 Å². The average molecular weight is 701 g/mol. The van der Waals surface area contributed by atoms with Crippen molar-refractivity contribution < 1.29 is 0 Å². The summed E-state index contributed by atoms with van der Waals surface area (Å²) in [4.78, 5) is 6.96. The normalized spacial score (nSPS) is 22.7. The third-order valence-corrected chi connectivity index (χ3v) is 17.9. The van der Waals surface area contributed by atoms with Crippen LogP contribution < -0.4 is 0 Å². The minimum Gasteiger partial charge on any atom is -0.306 e. The third-order valence-electron chi connectivity index (χ3n) is 10.2. The van der Waals surface area contributed by atoms with Crippen LogP contribution in [0.15, 0.2) is 53.7 Å². The summed E-state index contributed by atoms with van der Waals surface area (Å²) in [5.74, 6) is 5.24. The predicted octanol–water partition coefficient (Wildman–Crippen LogP) is 14.4. The van der Waals surface area contributed by atoms with E-state index in [9.17, 15) is 0 Å². The molecule has 0 aromatic heterocycles. The molecule has 0 amide bonds. The number of hydrogen-bond acceptors (Lipinski definition) is 3. The third kappa shape index (κ3) is 23.7. The Bertz CT molecular complexity index is 877. The molecule has 48 heavy (non-hydrogen) atoms. The topological polar surface area (TPSA) is 15.6 Å². The molecule has 0 saturated carbocycles. The Hall–Kier alpha value is -0.710. The van der Waals surface area contributed by atoms with Crippen molar-refractivity contribution in [3.05, 3.63) is 48.7 Å². The van der Waals surface area contributed by atoms with Gasteiger partial charge in [-0.3, -0.25) is 4.99 Å². The lowest BCUT2D eigenvalue weighted by molar-refractivity contribution is 0.304. The van der Waals surface area contributed by atoms with Gasteiger partial charge in [-0.25, -0.2) is 0 Å². The smallest absolute Gasteiger partial charge is 0.0224 e. The van der Waals surface area contributed by atoms with Crippen molar-refractivity contribution >= 4 is 26.1 Å². The molecule has 2 nitrogen and oxygen atoms in total. The van der Waals surface area contributed by atoms with Crippen LogP contribution in [0.3, 0.4) is 0 Å². The van der Waals surface area contributed by atoms with Crippen LogP contribution in [-0.2, 0) is 0 Å². The maximum absolute atomic E-state index is 4.38. The van der Waals surface area contributed by atoms with Gasteiger partial charge < -0.3 is 4.90 Å². The van der Waals surface area contributed by atoms with Crippen molar-refractivity contribution in [2.45, 2.75) is 180 Å². The highest BCUT2D eigenvalue weighted by Crippen LogP contribution is 2.68. The molecule has 3 unspecified atom stereocenters. The fraction of sp³-hybridized carbons (Fsp3) is 0.795. The molecule has 0 radical (unpaired) electrons. The lowest BCUT2D eigenvalue weighted by Crippen LogP contribution is -2.29. The molecular formula is C44H80N2S2. The largest absolute Gasteiger partial charge is 0.306 e. The highest BCUT2D eigenvalue weighted by atomic mass is 33.2. The van der Waals surface area contributed by atoms with Gasteiger partial charge in [-0.2, -0.15) is 9.06 Å². The van der Waals surface area contributed by atoms with Crippen LogP contribution in [-0.4, -0.2) is 53.8 Å². The minimum absolute atomic E-state index is 0.479. The second-order valence-corrected chi connectivity index (χ2v) is 21.6. The monoisotopic (exact) mass is 701 g/mol. The number of allylic oxidation sites excluding steroid dienone is 7. The summed E-state index contributed by atoms with van der Waals surface area (Å²) < 4.78 is 0. The molecule has 278 valence electrons. The van der Waals surface area contributed by atoms with E-state index in [1.807, 2.05) is 6.20 Å². The van der Waals surface area contributed by atoms with E-state index in [0.29, 0.717) is 5.92 Å². The molecule has 0 bridgehead atoms. The van der Waals surface area contributed by atoms with E-state index in [0.717, 1.165) is 24.6 Å². The van der Waals surface area contributed by atoms with Crippen molar-refractivity contribution in [3.63, 3.8) is 0 Å². The van der Waals surface area contributed by atoms with Gasteiger partial charge in [0.25, 0.3) is 0 Å². The van der Waals surface area contributed by atoms with Gasteiger partial charge in [0, 0.05) is 30.1 Å². The molecule has 3 atom stereocenters. The predicted molar refractivity (Wildman–Crippen MR) is 226 cm³/mol. The van der Waals surface area contributed by atoms with Crippen LogP contribution in [0.2, 0.25) is 0 Å². The maximum Gasteiger partial charge on any atom is 0.0224 e. The van der Waals surface area contributed by atoms with Gasteiger partial charge >= 0.3 is 0 Å². The van der Waals surface area contributed by atoms with Gasteiger partial charge in [-0.15, -0.1) is 10.8 Å². The van der Waals surface area contributed by atoms with Crippen LogP contribution in [0.5, 0.6) is 0 Å². The van der Waals surface area contributed by atoms with E-state index in [4.69, 9.17) is 0 Å². The number of unbranched alkanes of at least 4 members (excludes halogenated alkanes) is 17. The fourth-order valence-corrected chi connectivity index (χ4v) is 15.5. The summed E-state index contributed by atoms with van der Waals surface area (Å²) in [6.07, 6.45) is 55.0. The molecule has 0 aromatic rings. The second-order valence-electron chi connectivity index (χ2n) is 14.9. The Balaban J connectivity index is 1.64. The summed E-state index contributed by atoms with van der Waals surface area (Å²) in [5, 5.41) is 0.897. The Labute approximate surface area is 306 Å². The fourth-order valence-electron chi connectivity index (χ4n) is 7.09. The van der Waals surface area contributed by atoms with Crippen LogP contribution in [0.25, 0.3) is 0 Å². The molecule has 4 heteroatoms. The van der Waals surface area contributed by atoms with Crippen LogP contribution in [0, 0.1) is 5.92 Å². The second kappa shape index (κ2) is 31.1. The van der Waals surface area contributed by atoms with Gasteiger partial charge in [-0.1, -0.05) is 127 Å². The molecule has 2 heterocycles. The molecule has 2 aliphatic heterocycles. The number of nitrogens with zero attached hydrogens (tertiary/aromatic N) is 2. The zero-order chi connectivity index (χ0) is 34.2. The Morgan fingerprint density at radius 2 is 1.21 bits per heavy atom. The molecule has 2 rings (SSSR count). The number of hydrogen-bond donors (Lipinski definition) is 0. The number of aliphatic imine (C=N–C) groups is 1. The van der Waals surface area contributed by atoms with Crippen molar-refractivity contribution in [2.75, 3.05) is 37.4 Å². The lowest BCUT2D eigenvalue weighted by atomic mass is 10.1. The Morgan fingerprint density at radius 1 is 0.688 bits per heavy atom. The van der Waals surface area contributed by atoms with Crippen molar-refractivity contribution in [1.29, 1.82) is 0 Å². The summed E-state index contributed by atoms with van der Waals surface area (Å²) in [6, 6.07) is 0. The molecule has 0 N–H and O–H groups in total. The summed E-state index contributed by atoms with van der Waals surface area (Å²) >= 11 is 0. The molecule has 2 aliphatic rings. The van der Waals surface area contributed by atoms with E-state index in [1.165, 1.54) is 154 Å². The van der Waals surface area contributed by atoms with E-state index in [1.54, 1.807) is 17.3 Å². The van der Waals surface area contributed by atoms with Crippen molar-refractivity contribution in [2.24, 2.45) is 10.9 Å².